The van der Waals surface area contributed by atoms with E-state index in [9.17, 15) is 0 Å². The number of hydrogen-bond acceptors (Lipinski definition) is 7. The van der Waals surface area contributed by atoms with Gasteiger partial charge in [-0.15, -0.1) is 0 Å². The molecule has 0 bridgehead atoms. The molecule has 0 fully saturated rings. The number of H-pyrrole nitrogens is 1. The molecular formula is C11H17N7O. The molecular weight excluding hydrogens is 246 g/mol. The Kier molecular flexibility index (Phi) is 4.49. The first kappa shape index (κ1) is 13.1. The van der Waals surface area contributed by atoms with Crippen LogP contribution in [0, 0.1) is 0 Å². The molecule has 0 saturated carbocycles. The molecule has 0 radical (unpaired) electrons. The maximum atomic E-state index is 5.91. The van der Waals surface area contributed by atoms with E-state index in [1.54, 1.807) is 0 Å². The van der Waals surface area contributed by atoms with Crippen molar-refractivity contribution in [3.8, 4) is 5.88 Å². The lowest BCUT2D eigenvalue weighted by Gasteiger charge is -2.10. The third-order valence-corrected chi connectivity index (χ3v) is 2.48. The fourth-order valence-electron chi connectivity index (χ4n) is 1.59. The fourth-order valence-corrected chi connectivity index (χ4v) is 1.59. The van der Waals surface area contributed by atoms with Gasteiger partial charge in [0.2, 0.25) is 5.88 Å². The highest BCUT2D eigenvalue weighted by molar-refractivity contribution is 5.66. The second-order valence-electron chi connectivity index (χ2n) is 3.84. The summed E-state index contributed by atoms with van der Waals surface area (Å²) in [4.78, 5) is 12.1. The lowest BCUT2D eigenvalue weighted by Crippen LogP contribution is -2.09. The van der Waals surface area contributed by atoms with Gasteiger partial charge in [-0.2, -0.15) is 10.1 Å². The van der Waals surface area contributed by atoms with Crippen molar-refractivity contribution in [2.75, 3.05) is 24.2 Å². The highest BCUT2D eigenvalue weighted by Gasteiger charge is 2.08. The Hall–Kier alpha value is -2.38. The number of anilines is 2. The van der Waals surface area contributed by atoms with Crippen LogP contribution in [0.1, 0.15) is 19.2 Å². The zero-order valence-corrected chi connectivity index (χ0v) is 10.8. The standard InChI is InChI=1S/C11H17N7O/c1-2-19-11-9(12)10(15-6-16-11)13-5-3-4-8-14-7-17-18-8/h6-7H,2-5,12H2,1H3,(H,13,15,16)(H,14,17,18). The van der Waals surface area contributed by atoms with Gasteiger partial charge in [-0.1, -0.05) is 0 Å². The first-order chi connectivity index (χ1) is 9.31. The Balaban J connectivity index is 1.83. The molecule has 19 heavy (non-hydrogen) atoms. The van der Waals surface area contributed by atoms with Gasteiger partial charge >= 0.3 is 0 Å². The molecule has 2 aromatic rings. The molecule has 0 aliphatic rings. The van der Waals surface area contributed by atoms with Crippen molar-refractivity contribution >= 4 is 11.5 Å². The van der Waals surface area contributed by atoms with Gasteiger partial charge in [-0.25, -0.2) is 9.97 Å². The first-order valence-corrected chi connectivity index (χ1v) is 6.12. The summed E-state index contributed by atoms with van der Waals surface area (Å²) in [7, 11) is 0. The van der Waals surface area contributed by atoms with Crippen LogP contribution in [-0.2, 0) is 6.42 Å². The smallest absolute Gasteiger partial charge is 0.242 e. The number of nitrogens with zero attached hydrogens (tertiary/aromatic N) is 4. The quantitative estimate of drug-likeness (QED) is 0.627. The lowest BCUT2D eigenvalue weighted by atomic mass is 10.3. The Bertz CT molecular complexity index is 500. The monoisotopic (exact) mass is 263 g/mol. The van der Waals surface area contributed by atoms with Crippen molar-refractivity contribution in [1.29, 1.82) is 0 Å². The molecule has 0 amide bonds. The van der Waals surface area contributed by atoms with E-state index < -0.39 is 0 Å². The second kappa shape index (κ2) is 6.53. The Morgan fingerprint density at radius 1 is 1.32 bits per heavy atom. The van der Waals surface area contributed by atoms with Gasteiger partial charge < -0.3 is 15.8 Å². The summed E-state index contributed by atoms with van der Waals surface area (Å²) in [5.74, 6) is 1.87. The van der Waals surface area contributed by atoms with E-state index in [2.05, 4.69) is 30.5 Å². The third kappa shape index (κ3) is 3.54. The van der Waals surface area contributed by atoms with Crippen molar-refractivity contribution < 1.29 is 4.74 Å². The Morgan fingerprint density at radius 2 is 2.21 bits per heavy atom. The number of nitrogens with one attached hydrogen (secondary N) is 2. The van der Waals surface area contributed by atoms with E-state index in [-0.39, 0.29) is 0 Å². The van der Waals surface area contributed by atoms with Crippen LogP contribution in [0.2, 0.25) is 0 Å². The van der Waals surface area contributed by atoms with E-state index in [1.165, 1.54) is 12.7 Å². The molecule has 0 unspecified atom stereocenters. The van der Waals surface area contributed by atoms with Crippen LogP contribution in [0.25, 0.3) is 0 Å². The van der Waals surface area contributed by atoms with Crippen molar-refractivity contribution in [2.45, 2.75) is 19.8 Å². The average Bonchev–Trinajstić information content (AvgIpc) is 2.92. The van der Waals surface area contributed by atoms with Crippen LogP contribution in [-0.4, -0.2) is 38.3 Å². The molecule has 4 N–H and O–H groups in total. The summed E-state index contributed by atoms with van der Waals surface area (Å²) in [6.45, 7) is 3.13. The summed E-state index contributed by atoms with van der Waals surface area (Å²) in [6.07, 6.45) is 4.64. The molecule has 0 aliphatic heterocycles. The summed E-state index contributed by atoms with van der Waals surface area (Å²) in [6, 6.07) is 0. The van der Waals surface area contributed by atoms with Gasteiger partial charge in [0.15, 0.2) is 5.82 Å². The predicted octanol–water partition coefficient (Wildman–Crippen LogP) is 0.620. The number of aromatic amines is 1. The molecule has 2 heterocycles. The van der Waals surface area contributed by atoms with E-state index >= 15 is 0 Å². The van der Waals surface area contributed by atoms with Crippen LogP contribution >= 0.6 is 0 Å². The highest BCUT2D eigenvalue weighted by Crippen LogP contribution is 2.24. The van der Waals surface area contributed by atoms with E-state index in [4.69, 9.17) is 10.5 Å². The molecule has 0 aromatic carbocycles. The summed E-state index contributed by atoms with van der Waals surface area (Å²) >= 11 is 0. The minimum absolute atomic E-state index is 0.412. The normalized spacial score (nSPS) is 10.4. The SMILES string of the molecule is CCOc1ncnc(NCCCc2ncn[nH]2)c1N. The molecule has 0 saturated heterocycles. The summed E-state index contributed by atoms with van der Waals surface area (Å²) in [5.41, 5.74) is 6.34. The van der Waals surface area contributed by atoms with Crippen LogP contribution in [0.5, 0.6) is 5.88 Å². The topological polar surface area (TPSA) is 115 Å². The molecule has 102 valence electrons. The van der Waals surface area contributed by atoms with Crippen LogP contribution in [0.3, 0.4) is 0 Å². The number of rotatable bonds is 7. The largest absolute Gasteiger partial charge is 0.476 e. The second-order valence-corrected chi connectivity index (χ2v) is 3.84. The van der Waals surface area contributed by atoms with Crippen LogP contribution in [0.15, 0.2) is 12.7 Å². The van der Waals surface area contributed by atoms with Gasteiger partial charge in [0.1, 0.15) is 24.2 Å². The molecule has 0 aliphatic carbocycles. The molecule has 0 spiro atoms. The predicted molar refractivity (Wildman–Crippen MR) is 70.8 cm³/mol. The zero-order valence-electron chi connectivity index (χ0n) is 10.8. The number of ether oxygens (including phenoxy) is 1. The fraction of sp³-hybridized carbons (Fsp3) is 0.455. The average molecular weight is 263 g/mol. The van der Waals surface area contributed by atoms with Crippen molar-refractivity contribution in [1.82, 2.24) is 25.1 Å². The maximum absolute atomic E-state index is 5.91. The third-order valence-electron chi connectivity index (χ3n) is 2.48. The summed E-state index contributed by atoms with van der Waals surface area (Å²) in [5, 5.41) is 9.76. The summed E-state index contributed by atoms with van der Waals surface area (Å²) < 4.78 is 5.30. The number of nitrogen functional groups attached to an aromatic ring is 1. The van der Waals surface area contributed by atoms with Gasteiger partial charge in [-0.05, 0) is 13.3 Å². The van der Waals surface area contributed by atoms with Crippen molar-refractivity contribution in [3.63, 3.8) is 0 Å². The van der Waals surface area contributed by atoms with Crippen molar-refractivity contribution in [2.24, 2.45) is 0 Å². The van der Waals surface area contributed by atoms with Gasteiger partial charge in [0, 0.05) is 13.0 Å². The maximum Gasteiger partial charge on any atom is 0.242 e. The molecule has 8 heteroatoms. The number of aromatic nitrogens is 5. The zero-order chi connectivity index (χ0) is 13.5. The van der Waals surface area contributed by atoms with Gasteiger partial charge in [0.25, 0.3) is 0 Å². The Morgan fingerprint density at radius 3 is 2.95 bits per heavy atom. The number of nitrogens with two attached hydrogens (primary N) is 1. The van der Waals surface area contributed by atoms with Crippen molar-refractivity contribution in [3.05, 3.63) is 18.5 Å². The van der Waals surface area contributed by atoms with E-state index in [0.29, 0.717) is 24.0 Å². The molecule has 0 atom stereocenters. The van der Waals surface area contributed by atoms with Gasteiger partial charge in [0.05, 0.1) is 6.61 Å². The molecule has 2 aromatic heterocycles. The Labute approximate surface area is 110 Å². The van der Waals surface area contributed by atoms with E-state index in [0.717, 1.165) is 25.2 Å². The highest BCUT2D eigenvalue weighted by atomic mass is 16.5. The molecule has 8 nitrogen and oxygen atoms in total. The van der Waals surface area contributed by atoms with Crippen LogP contribution in [0.4, 0.5) is 11.5 Å². The minimum Gasteiger partial charge on any atom is -0.476 e. The van der Waals surface area contributed by atoms with Crippen LogP contribution < -0.4 is 15.8 Å². The van der Waals surface area contributed by atoms with Gasteiger partial charge in [-0.3, -0.25) is 5.10 Å². The number of hydrogen-bond donors (Lipinski definition) is 3. The first-order valence-electron chi connectivity index (χ1n) is 6.12. The number of aryl methyl sites for hydroxylation is 1. The lowest BCUT2D eigenvalue weighted by molar-refractivity contribution is 0.328. The minimum atomic E-state index is 0.412. The molecule has 2 rings (SSSR count). The van der Waals surface area contributed by atoms with E-state index in [1.807, 2.05) is 6.92 Å².